The number of hydrogen-bond acceptors (Lipinski definition) is 5. The van der Waals surface area contributed by atoms with Crippen LogP contribution in [0.15, 0.2) is 12.4 Å². The standard InChI is InChI=1S/C15H21N3O3/c19-13-3-1-2-11(13)6-18-15(20)12-7-17-14(8-16-12)21-9-10-4-5-10/h7-8,10-11,13,19H,1-6,9H2,(H,18,20). The van der Waals surface area contributed by atoms with E-state index in [1.54, 1.807) is 0 Å². The molecule has 0 aliphatic heterocycles. The van der Waals surface area contributed by atoms with Gasteiger partial charge in [-0.05, 0) is 31.6 Å². The van der Waals surface area contributed by atoms with E-state index in [0.29, 0.717) is 24.9 Å². The van der Waals surface area contributed by atoms with E-state index in [2.05, 4.69) is 15.3 Å². The number of nitrogens with one attached hydrogen (secondary N) is 1. The molecule has 2 aliphatic carbocycles. The summed E-state index contributed by atoms with van der Waals surface area (Å²) < 4.78 is 5.48. The predicted octanol–water partition coefficient (Wildman–Crippen LogP) is 1.16. The van der Waals surface area contributed by atoms with Gasteiger partial charge in [0.25, 0.3) is 5.91 Å². The second-order valence-electron chi connectivity index (χ2n) is 5.96. The lowest BCUT2D eigenvalue weighted by molar-refractivity contribution is 0.0911. The summed E-state index contributed by atoms with van der Waals surface area (Å²) in [6, 6.07) is 0. The van der Waals surface area contributed by atoms with Crippen molar-refractivity contribution in [2.75, 3.05) is 13.2 Å². The van der Waals surface area contributed by atoms with Gasteiger partial charge in [-0.2, -0.15) is 0 Å². The number of aromatic nitrogens is 2. The second kappa shape index (κ2) is 6.39. The van der Waals surface area contributed by atoms with Crippen molar-refractivity contribution in [3.63, 3.8) is 0 Å². The van der Waals surface area contributed by atoms with Crippen molar-refractivity contribution < 1.29 is 14.6 Å². The molecule has 0 bridgehead atoms. The summed E-state index contributed by atoms with van der Waals surface area (Å²) in [5, 5.41) is 12.5. The Morgan fingerprint density at radius 3 is 2.76 bits per heavy atom. The summed E-state index contributed by atoms with van der Waals surface area (Å²) in [5.74, 6) is 1.02. The summed E-state index contributed by atoms with van der Waals surface area (Å²) in [4.78, 5) is 20.1. The van der Waals surface area contributed by atoms with E-state index in [9.17, 15) is 9.90 Å². The van der Waals surface area contributed by atoms with Crippen LogP contribution in [0.2, 0.25) is 0 Å². The maximum atomic E-state index is 12.0. The van der Waals surface area contributed by atoms with E-state index in [1.165, 1.54) is 25.2 Å². The molecule has 2 aliphatic rings. The first-order valence-corrected chi connectivity index (χ1v) is 7.63. The van der Waals surface area contributed by atoms with Crippen LogP contribution in [-0.2, 0) is 0 Å². The maximum Gasteiger partial charge on any atom is 0.271 e. The molecular formula is C15H21N3O3. The van der Waals surface area contributed by atoms with E-state index in [-0.39, 0.29) is 23.6 Å². The average Bonchev–Trinajstić information content (AvgIpc) is 3.25. The fourth-order valence-electron chi connectivity index (χ4n) is 2.57. The number of aliphatic hydroxyl groups excluding tert-OH is 1. The Morgan fingerprint density at radius 1 is 1.29 bits per heavy atom. The van der Waals surface area contributed by atoms with Gasteiger partial charge < -0.3 is 15.2 Å². The number of carbonyl (C=O) groups excluding carboxylic acids is 1. The zero-order valence-corrected chi connectivity index (χ0v) is 12.0. The Kier molecular flexibility index (Phi) is 4.34. The van der Waals surface area contributed by atoms with Gasteiger partial charge in [0.2, 0.25) is 5.88 Å². The topological polar surface area (TPSA) is 84.3 Å². The molecule has 2 fully saturated rings. The number of rotatable bonds is 6. The normalized spacial score (nSPS) is 24.8. The Labute approximate surface area is 123 Å². The van der Waals surface area contributed by atoms with Crippen molar-refractivity contribution in [3.05, 3.63) is 18.1 Å². The first kappa shape index (κ1) is 14.3. The van der Waals surface area contributed by atoms with Crippen LogP contribution in [0.3, 0.4) is 0 Å². The van der Waals surface area contributed by atoms with E-state index >= 15 is 0 Å². The van der Waals surface area contributed by atoms with Crippen molar-refractivity contribution in [1.82, 2.24) is 15.3 Å². The van der Waals surface area contributed by atoms with Crippen LogP contribution >= 0.6 is 0 Å². The number of hydrogen-bond donors (Lipinski definition) is 2. The lowest BCUT2D eigenvalue weighted by atomic mass is 10.1. The largest absolute Gasteiger partial charge is 0.476 e. The molecule has 0 saturated heterocycles. The van der Waals surface area contributed by atoms with E-state index in [4.69, 9.17) is 4.74 Å². The van der Waals surface area contributed by atoms with Crippen molar-refractivity contribution in [3.8, 4) is 5.88 Å². The highest BCUT2D eigenvalue weighted by molar-refractivity contribution is 5.91. The Hall–Kier alpha value is -1.69. The Morgan fingerprint density at radius 2 is 2.14 bits per heavy atom. The average molecular weight is 291 g/mol. The minimum absolute atomic E-state index is 0.156. The van der Waals surface area contributed by atoms with E-state index in [1.807, 2.05) is 0 Å². The zero-order chi connectivity index (χ0) is 14.7. The summed E-state index contributed by atoms with van der Waals surface area (Å²) in [5.41, 5.74) is 0.279. The van der Waals surface area contributed by atoms with Crippen molar-refractivity contribution in [2.45, 2.75) is 38.2 Å². The highest BCUT2D eigenvalue weighted by Gasteiger charge is 2.25. The minimum atomic E-state index is -0.297. The fraction of sp³-hybridized carbons (Fsp3) is 0.667. The number of amides is 1. The molecule has 0 spiro atoms. The Bertz CT molecular complexity index is 487. The third kappa shape index (κ3) is 3.91. The zero-order valence-electron chi connectivity index (χ0n) is 12.0. The molecular weight excluding hydrogens is 270 g/mol. The summed E-state index contributed by atoms with van der Waals surface area (Å²) in [7, 11) is 0. The molecule has 0 radical (unpaired) electrons. The van der Waals surface area contributed by atoms with Gasteiger partial charge in [-0.3, -0.25) is 4.79 Å². The van der Waals surface area contributed by atoms with Gasteiger partial charge in [0.05, 0.1) is 25.1 Å². The lowest BCUT2D eigenvalue weighted by Crippen LogP contribution is -2.32. The lowest BCUT2D eigenvalue weighted by Gasteiger charge is -2.14. The predicted molar refractivity (Wildman–Crippen MR) is 75.9 cm³/mol. The summed E-state index contributed by atoms with van der Waals surface area (Å²) in [6.45, 7) is 1.17. The first-order valence-electron chi connectivity index (χ1n) is 7.63. The second-order valence-corrected chi connectivity index (χ2v) is 5.96. The molecule has 1 aromatic rings. The van der Waals surface area contributed by atoms with Gasteiger partial charge in [0, 0.05) is 12.5 Å². The van der Waals surface area contributed by atoms with Gasteiger partial charge >= 0.3 is 0 Å². The summed E-state index contributed by atoms with van der Waals surface area (Å²) >= 11 is 0. The van der Waals surface area contributed by atoms with Gasteiger partial charge in [0.15, 0.2) is 0 Å². The molecule has 0 aromatic carbocycles. The molecule has 2 unspecified atom stereocenters. The fourth-order valence-corrected chi connectivity index (χ4v) is 2.57. The third-order valence-corrected chi connectivity index (χ3v) is 4.17. The molecule has 1 aromatic heterocycles. The van der Waals surface area contributed by atoms with Crippen LogP contribution in [0.4, 0.5) is 0 Å². The van der Waals surface area contributed by atoms with Crippen LogP contribution in [-0.4, -0.2) is 40.2 Å². The SMILES string of the molecule is O=C(NCC1CCCC1O)c1cnc(OCC2CC2)cn1. The van der Waals surface area contributed by atoms with E-state index in [0.717, 1.165) is 19.3 Å². The van der Waals surface area contributed by atoms with Crippen molar-refractivity contribution in [1.29, 1.82) is 0 Å². The van der Waals surface area contributed by atoms with Crippen LogP contribution < -0.4 is 10.1 Å². The Balaban J connectivity index is 1.47. The number of ether oxygens (including phenoxy) is 1. The van der Waals surface area contributed by atoms with Crippen LogP contribution in [0.1, 0.15) is 42.6 Å². The molecule has 114 valence electrons. The molecule has 1 amide bonds. The number of carbonyl (C=O) groups is 1. The quantitative estimate of drug-likeness (QED) is 0.821. The molecule has 2 atom stereocenters. The van der Waals surface area contributed by atoms with Crippen LogP contribution in [0.5, 0.6) is 5.88 Å². The minimum Gasteiger partial charge on any atom is -0.476 e. The highest BCUT2D eigenvalue weighted by Crippen LogP contribution is 2.29. The molecule has 6 nitrogen and oxygen atoms in total. The van der Waals surface area contributed by atoms with Gasteiger partial charge in [-0.1, -0.05) is 6.42 Å². The van der Waals surface area contributed by atoms with Gasteiger partial charge in [0.1, 0.15) is 5.69 Å². The molecule has 6 heteroatoms. The van der Waals surface area contributed by atoms with Crippen molar-refractivity contribution >= 4 is 5.91 Å². The molecule has 3 rings (SSSR count). The maximum absolute atomic E-state index is 12.0. The molecule has 1 heterocycles. The van der Waals surface area contributed by atoms with Crippen molar-refractivity contribution in [2.24, 2.45) is 11.8 Å². The number of aliphatic hydroxyl groups is 1. The van der Waals surface area contributed by atoms with Gasteiger partial charge in [-0.25, -0.2) is 9.97 Å². The molecule has 21 heavy (non-hydrogen) atoms. The van der Waals surface area contributed by atoms with Gasteiger partial charge in [-0.15, -0.1) is 0 Å². The smallest absolute Gasteiger partial charge is 0.271 e. The monoisotopic (exact) mass is 291 g/mol. The molecule has 2 N–H and O–H groups in total. The third-order valence-electron chi connectivity index (χ3n) is 4.17. The van der Waals surface area contributed by atoms with Crippen LogP contribution in [0, 0.1) is 11.8 Å². The van der Waals surface area contributed by atoms with E-state index < -0.39 is 0 Å². The summed E-state index contributed by atoms with van der Waals surface area (Å²) in [6.07, 6.45) is 7.88. The van der Waals surface area contributed by atoms with Crippen LogP contribution in [0.25, 0.3) is 0 Å². The number of nitrogens with zero attached hydrogens (tertiary/aromatic N) is 2. The highest BCUT2D eigenvalue weighted by atomic mass is 16.5. The first-order chi connectivity index (χ1) is 10.2. The molecule has 2 saturated carbocycles.